The van der Waals surface area contributed by atoms with Crippen molar-refractivity contribution >= 4 is 23.2 Å². The molecule has 0 aromatic heterocycles. The summed E-state index contributed by atoms with van der Waals surface area (Å²) in [6.07, 6.45) is -0.277. The molecule has 3 aromatic carbocycles. The van der Waals surface area contributed by atoms with Crippen LogP contribution in [0.15, 0.2) is 72.8 Å². The van der Waals surface area contributed by atoms with Gasteiger partial charge in [-0.15, -0.1) is 0 Å². The third-order valence-electron chi connectivity index (χ3n) is 4.90. The fraction of sp³-hybridized carbons (Fsp3) is 0.125. The van der Waals surface area contributed by atoms with Crippen LogP contribution in [0.5, 0.6) is 5.75 Å². The monoisotopic (exact) mass is 385 g/mol. The van der Waals surface area contributed by atoms with Gasteiger partial charge in [-0.3, -0.25) is 14.4 Å². The van der Waals surface area contributed by atoms with E-state index >= 15 is 0 Å². The molecule has 0 spiro atoms. The zero-order valence-electron chi connectivity index (χ0n) is 15.8. The molecule has 0 bridgehead atoms. The number of hydrogen-bond donors (Lipinski definition) is 1. The van der Waals surface area contributed by atoms with Gasteiger partial charge in [-0.25, -0.2) is 0 Å². The molecular weight excluding hydrogens is 366 g/mol. The number of anilines is 1. The first-order valence-electron chi connectivity index (χ1n) is 9.44. The molecule has 1 aliphatic rings. The second kappa shape index (κ2) is 7.72. The zero-order valence-corrected chi connectivity index (χ0v) is 15.8. The third kappa shape index (κ3) is 3.43. The predicted molar refractivity (Wildman–Crippen MR) is 110 cm³/mol. The molecule has 0 radical (unpaired) electrons. The number of carbonyl (C=O) groups excluding carboxylic acids is 3. The van der Waals surface area contributed by atoms with Gasteiger partial charge in [-0.1, -0.05) is 61.5 Å². The fourth-order valence-electron chi connectivity index (χ4n) is 3.45. The Morgan fingerprint density at radius 2 is 1.45 bits per heavy atom. The van der Waals surface area contributed by atoms with E-state index in [0.717, 1.165) is 0 Å². The van der Waals surface area contributed by atoms with E-state index in [4.69, 9.17) is 4.74 Å². The van der Waals surface area contributed by atoms with Crippen LogP contribution < -0.4 is 10.1 Å². The maximum Gasteiger partial charge on any atom is 0.265 e. The van der Waals surface area contributed by atoms with Crippen molar-refractivity contribution in [2.45, 2.75) is 19.4 Å². The van der Waals surface area contributed by atoms with Crippen molar-refractivity contribution in [1.82, 2.24) is 0 Å². The second-order valence-corrected chi connectivity index (χ2v) is 6.75. The number of ether oxygens (including phenoxy) is 1. The Labute approximate surface area is 168 Å². The highest BCUT2D eigenvalue weighted by atomic mass is 16.5. The van der Waals surface area contributed by atoms with Gasteiger partial charge < -0.3 is 10.1 Å². The minimum atomic E-state index is -0.727. The summed E-state index contributed by atoms with van der Waals surface area (Å²) in [6, 6.07) is 20.7. The Bertz CT molecular complexity index is 1100. The first-order valence-corrected chi connectivity index (χ1v) is 9.44. The number of carbonyl (C=O) groups is 3. The molecule has 0 fully saturated rings. The lowest BCUT2D eigenvalue weighted by atomic mass is 9.83. The maximum atomic E-state index is 13.1. The summed E-state index contributed by atoms with van der Waals surface area (Å²) in [4.78, 5) is 38.7. The summed E-state index contributed by atoms with van der Waals surface area (Å²) < 4.78 is 5.78. The molecule has 3 aromatic rings. The quantitative estimate of drug-likeness (QED) is 0.557. The Balaban J connectivity index is 1.64. The van der Waals surface area contributed by atoms with Crippen molar-refractivity contribution in [3.8, 4) is 5.75 Å². The van der Waals surface area contributed by atoms with Crippen LogP contribution >= 0.6 is 0 Å². The topological polar surface area (TPSA) is 72.5 Å². The third-order valence-corrected chi connectivity index (χ3v) is 4.90. The Kier molecular flexibility index (Phi) is 4.96. The molecule has 1 amide bonds. The van der Waals surface area contributed by atoms with Crippen LogP contribution in [-0.4, -0.2) is 23.6 Å². The van der Waals surface area contributed by atoms with Crippen molar-refractivity contribution < 1.29 is 19.1 Å². The molecule has 1 N–H and O–H groups in total. The summed E-state index contributed by atoms with van der Waals surface area (Å²) in [5.41, 5.74) is 1.56. The first-order chi connectivity index (χ1) is 14.1. The Morgan fingerprint density at radius 1 is 0.828 bits per heavy atom. The van der Waals surface area contributed by atoms with E-state index in [0.29, 0.717) is 34.5 Å². The lowest BCUT2D eigenvalue weighted by Crippen LogP contribution is -2.33. The predicted octanol–water partition coefficient (Wildman–Crippen LogP) is 4.26. The van der Waals surface area contributed by atoms with Gasteiger partial charge >= 0.3 is 0 Å². The summed E-state index contributed by atoms with van der Waals surface area (Å²) in [7, 11) is 0. The van der Waals surface area contributed by atoms with Crippen molar-refractivity contribution in [2.24, 2.45) is 0 Å². The smallest absolute Gasteiger partial charge is 0.265 e. The Morgan fingerprint density at radius 3 is 2.14 bits per heavy atom. The molecular formula is C24H19NO4. The number of ketones is 2. The van der Waals surface area contributed by atoms with Crippen LogP contribution in [0.1, 0.15) is 45.2 Å². The first kappa shape index (κ1) is 18.6. The second-order valence-electron chi connectivity index (χ2n) is 6.75. The minimum absolute atomic E-state index is 0.221. The molecule has 4 rings (SSSR count). The normalized spacial score (nSPS) is 13.3. The van der Waals surface area contributed by atoms with E-state index < -0.39 is 6.10 Å². The van der Waals surface area contributed by atoms with E-state index in [-0.39, 0.29) is 23.0 Å². The van der Waals surface area contributed by atoms with Gasteiger partial charge in [0.25, 0.3) is 5.91 Å². The highest BCUT2D eigenvalue weighted by molar-refractivity contribution is 6.30. The van der Waals surface area contributed by atoms with Gasteiger partial charge in [-0.2, -0.15) is 0 Å². The lowest BCUT2D eigenvalue weighted by molar-refractivity contribution is -0.122. The molecule has 0 unspecified atom stereocenters. The van der Waals surface area contributed by atoms with Gasteiger partial charge in [0.05, 0.1) is 11.3 Å². The maximum absolute atomic E-state index is 13.1. The molecule has 0 saturated carbocycles. The number of rotatable bonds is 5. The molecule has 0 heterocycles. The van der Waals surface area contributed by atoms with Gasteiger partial charge in [-0.05, 0) is 24.6 Å². The lowest BCUT2D eigenvalue weighted by Gasteiger charge is -2.22. The van der Waals surface area contributed by atoms with Gasteiger partial charge in [0, 0.05) is 16.7 Å². The van der Waals surface area contributed by atoms with E-state index in [1.54, 1.807) is 54.6 Å². The summed E-state index contributed by atoms with van der Waals surface area (Å²) in [5, 5.41) is 2.79. The SMILES string of the molecule is CC[C@H](Oc1ccccc1)C(=O)Nc1cccc2c1C(=O)c1ccccc1C2=O. The standard InChI is InChI=1S/C24H19NO4/c1-2-20(29-15-9-4-3-5-10-15)24(28)25-19-14-8-13-18-21(19)23(27)17-12-7-6-11-16(17)22(18)26/h3-14,20H,2H2,1H3,(H,25,28)/t20-/m0/s1. The van der Waals surface area contributed by atoms with Crippen LogP contribution in [0.25, 0.3) is 0 Å². The molecule has 1 aliphatic carbocycles. The van der Waals surface area contributed by atoms with E-state index in [2.05, 4.69) is 5.32 Å². The van der Waals surface area contributed by atoms with E-state index in [9.17, 15) is 14.4 Å². The highest BCUT2D eigenvalue weighted by Gasteiger charge is 2.32. The number of benzene rings is 3. The zero-order chi connectivity index (χ0) is 20.4. The van der Waals surface area contributed by atoms with Gasteiger partial charge in [0.2, 0.25) is 0 Å². The summed E-state index contributed by atoms with van der Waals surface area (Å²) >= 11 is 0. The number of fused-ring (bicyclic) bond motifs is 2. The van der Waals surface area contributed by atoms with Crippen molar-refractivity contribution in [2.75, 3.05) is 5.32 Å². The molecule has 5 heteroatoms. The minimum Gasteiger partial charge on any atom is -0.481 e. The van der Waals surface area contributed by atoms with Crippen molar-refractivity contribution in [1.29, 1.82) is 0 Å². The van der Waals surface area contributed by atoms with E-state index in [1.807, 2.05) is 25.1 Å². The molecule has 0 saturated heterocycles. The number of amides is 1. The van der Waals surface area contributed by atoms with Crippen LogP contribution in [-0.2, 0) is 4.79 Å². The van der Waals surface area contributed by atoms with Gasteiger partial charge in [0.1, 0.15) is 5.75 Å². The van der Waals surface area contributed by atoms with Crippen LogP contribution in [0.3, 0.4) is 0 Å². The highest BCUT2D eigenvalue weighted by Crippen LogP contribution is 2.32. The number of para-hydroxylation sites is 1. The molecule has 5 nitrogen and oxygen atoms in total. The molecule has 144 valence electrons. The molecule has 29 heavy (non-hydrogen) atoms. The number of nitrogens with one attached hydrogen (secondary N) is 1. The van der Waals surface area contributed by atoms with E-state index in [1.165, 1.54) is 0 Å². The van der Waals surface area contributed by atoms with Crippen LogP contribution in [0, 0.1) is 0 Å². The van der Waals surface area contributed by atoms with Gasteiger partial charge in [0.15, 0.2) is 17.7 Å². The molecule has 0 aliphatic heterocycles. The summed E-state index contributed by atoms with van der Waals surface area (Å²) in [5.74, 6) is -0.282. The number of hydrogen-bond acceptors (Lipinski definition) is 4. The average molecular weight is 385 g/mol. The average Bonchev–Trinajstić information content (AvgIpc) is 2.76. The van der Waals surface area contributed by atoms with Crippen molar-refractivity contribution in [3.63, 3.8) is 0 Å². The summed E-state index contributed by atoms with van der Waals surface area (Å²) in [6.45, 7) is 1.85. The molecule has 1 atom stereocenters. The fourth-order valence-corrected chi connectivity index (χ4v) is 3.45. The van der Waals surface area contributed by atoms with Crippen molar-refractivity contribution in [3.05, 3.63) is 95.1 Å². The largest absolute Gasteiger partial charge is 0.481 e. The Hall–Kier alpha value is -3.73. The van der Waals surface area contributed by atoms with Crippen LogP contribution in [0.2, 0.25) is 0 Å². The van der Waals surface area contributed by atoms with Crippen LogP contribution in [0.4, 0.5) is 5.69 Å².